The molecule has 0 aliphatic rings. The molecule has 0 spiro atoms. The van der Waals surface area contributed by atoms with Crippen molar-refractivity contribution in [3.63, 3.8) is 0 Å². The molecular weight excluding hydrogens is 256 g/mol. The maximum Gasteiger partial charge on any atom is 0.269 e. The second-order valence-electron chi connectivity index (χ2n) is 4.59. The zero-order valence-corrected chi connectivity index (χ0v) is 11.1. The van der Waals surface area contributed by atoms with Gasteiger partial charge in [0.2, 0.25) is 0 Å². The van der Waals surface area contributed by atoms with Crippen LogP contribution in [0, 0.1) is 10.1 Å². The van der Waals surface area contributed by atoms with E-state index < -0.39 is 4.92 Å². The van der Waals surface area contributed by atoms with Gasteiger partial charge in [-0.05, 0) is 18.6 Å². The molecule has 2 aromatic carbocycles. The Balaban J connectivity index is 2.04. The van der Waals surface area contributed by atoms with E-state index in [2.05, 4.69) is 5.32 Å². The molecule has 2 aromatic rings. The van der Waals surface area contributed by atoms with E-state index in [1.165, 1.54) is 6.07 Å². The summed E-state index contributed by atoms with van der Waals surface area (Å²) >= 11 is 0. The molecule has 0 bridgehead atoms. The van der Waals surface area contributed by atoms with Crippen molar-refractivity contribution in [1.29, 1.82) is 0 Å². The van der Waals surface area contributed by atoms with E-state index in [-0.39, 0.29) is 17.5 Å². The van der Waals surface area contributed by atoms with Crippen molar-refractivity contribution >= 4 is 5.69 Å². The number of phenols is 1. The summed E-state index contributed by atoms with van der Waals surface area (Å²) in [7, 11) is 0. The lowest BCUT2D eigenvalue weighted by molar-refractivity contribution is -0.384. The van der Waals surface area contributed by atoms with E-state index in [4.69, 9.17) is 0 Å². The van der Waals surface area contributed by atoms with E-state index in [1.807, 2.05) is 25.1 Å². The lowest BCUT2D eigenvalue weighted by Gasteiger charge is -2.15. The van der Waals surface area contributed by atoms with Gasteiger partial charge in [0.25, 0.3) is 5.69 Å². The average molecular weight is 272 g/mol. The number of benzene rings is 2. The van der Waals surface area contributed by atoms with Crippen molar-refractivity contribution in [2.75, 3.05) is 0 Å². The van der Waals surface area contributed by atoms with Crippen molar-refractivity contribution < 1.29 is 10.0 Å². The van der Waals surface area contributed by atoms with Gasteiger partial charge in [0.15, 0.2) is 0 Å². The molecule has 0 aliphatic carbocycles. The van der Waals surface area contributed by atoms with E-state index >= 15 is 0 Å². The minimum absolute atomic E-state index is 0.0459. The van der Waals surface area contributed by atoms with Gasteiger partial charge in [0.1, 0.15) is 5.75 Å². The number of nitrogens with zero attached hydrogens (tertiary/aromatic N) is 1. The van der Waals surface area contributed by atoms with Crippen LogP contribution in [0.15, 0.2) is 48.5 Å². The maximum absolute atomic E-state index is 10.7. The number of nitro groups is 1. The number of aromatic hydroxyl groups is 1. The fourth-order valence-corrected chi connectivity index (χ4v) is 2.01. The predicted octanol–water partition coefficient (Wildman–Crippen LogP) is 3.15. The van der Waals surface area contributed by atoms with Crippen LogP contribution < -0.4 is 5.32 Å². The molecule has 0 heterocycles. The van der Waals surface area contributed by atoms with Gasteiger partial charge in [-0.25, -0.2) is 0 Å². The van der Waals surface area contributed by atoms with E-state index in [0.717, 1.165) is 11.1 Å². The quantitative estimate of drug-likeness (QED) is 0.647. The first-order valence-electron chi connectivity index (χ1n) is 6.32. The maximum atomic E-state index is 10.7. The standard InChI is InChI=1S/C15H16N2O3/c1-11(14-7-2-3-8-15(14)18)16-10-12-5-4-6-13(9-12)17(19)20/h2-9,11,16,18H,10H2,1H3. The number of phenolic OH excluding ortho intramolecular Hbond substituents is 1. The van der Waals surface area contributed by atoms with Gasteiger partial charge >= 0.3 is 0 Å². The highest BCUT2D eigenvalue weighted by Crippen LogP contribution is 2.23. The van der Waals surface area contributed by atoms with Gasteiger partial charge in [-0.2, -0.15) is 0 Å². The summed E-state index contributed by atoms with van der Waals surface area (Å²) in [6, 6.07) is 13.6. The second-order valence-corrected chi connectivity index (χ2v) is 4.59. The second kappa shape index (κ2) is 6.16. The van der Waals surface area contributed by atoms with Crippen molar-refractivity contribution in [3.8, 4) is 5.75 Å². The van der Waals surface area contributed by atoms with Crippen LogP contribution in [0.25, 0.3) is 0 Å². The predicted molar refractivity (Wildman–Crippen MR) is 76.5 cm³/mol. The lowest BCUT2D eigenvalue weighted by atomic mass is 10.1. The number of non-ortho nitro benzene ring substituents is 1. The highest BCUT2D eigenvalue weighted by molar-refractivity contribution is 5.36. The molecule has 0 saturated heterocycles. The van der Waals surface area contributed by atoms with Crippen LogP contribution >= 0.6 is 0 Å². The Bertz CT molecular complexity index is 614. The lowest BCUT2D eigenvalue weighted by Crippen LogP contribution is -2.18. The number of nitro benzene ring substituents is 1. The molecular formula is C15H16N2O3. The molecule has 104 valence electrons. The molecule has 0 fully saturated rings. The summed E-state index contributed by atoms with van der Waals surface area (Å²) in [6.07, 6.45) is 0. The summed E-state index contributed by atoms with van der Waals surface area (Å²) in [5.41, 5.74) is 1.72. The third-order valence-corrected chi connectivity index (χ3v) is 3.14. The Kier molecular flexibility index (Phi) is 4.32. The molecule has 5 nitrogen and oxygen atoms in total. The largest absolute Gasteiger partial charge is 0.508 e. The molecule has 20 heavy (non-hydrogen) atoms. The fraction of sp³-hybridized carbons (Fsp3) is 0.200. The number of hydrogen-bond donors (Lipinski definition) is 2. The Morgan fingerprint density at radius 2 is 2.00 bits per heavy atom. The number of hydrogen-bond acceptors (Lipinski definition) is 4. The summed E-state index contributed by atoms with van der Waals surface area (Å²) in [5.74, 6) is 0.242. The van der Waals surface area contributed by atoms with Gasteiger partial charge < -0.3 is 10.4 Å². The minimum Gasteiger partial charge on any atom is -0.508 e. The van der Waals surface area contributed by atoms with Crippen LogP contribution in [0.2, 0.25) is 0 Å². The summed E-state index contributed by atoms with van der Waals surface area (Å²) in [5, 5.41) is 23.7. The summed E-state index contributed by atoms with van der Waals surface area (Å²) < 4.78 is 0. The number of rotatable bonds is 5. The molecule has 2 N–H and O–H groups in total. The molecule has 0 aromatic heterocycles. The van der Waals surface area contributed by atoms with Crippen molar-refractivity contribution in [2.45, 2.75) is 19.5 Å². The topological polar surface area (TPSA) is 75.4 Å². The van der Waals surface area contributed by atoms with Crippen molar-refractivity contribution in [3.05, 3.63) is 69.8 Å². The first-order valence-corrected chi connectivity index (χ1v) is 6.32. The third kappa shape index (κ3) is 3.33. The molecule has 0 amide bonds. The van der Waals surface area contributed by atoms with Crippen molar-refractivity contribution in [1.82, 2.24) is 5.32 Å². The van der Waals surface area contributed by atoms with Crippen molar-refractivity contribution in [2.24, 2.45) is 0 Å². The zero-order valence-electron chi connectivity index (χ0n) is 11.1. The van der Waals surface area contributed by atoms with Crippen LogP contribution in [0.4, 0.5) is 5.69 Å². The van der Waals surface area contributed by atoms with Gasteiger partial charge in [-0.1, -0.05) is 30.3 Å². The molecule has 1 atom stereocenters. The van der Waals surface area contributed by atoms with Gasteiger partial charge in [0.05, 0.1) is 4.92 Å². The number of para-hydroxylation sites is 1. The van der Waals surface area contributed by atoms with Gasteiger partial charge in [-0.3, -0.25) is 10.1 Å². The monoisotopic (exact) mass is 272 g/mol. The molecule has 0 saturated carbocycles. The minimum atomic E-state index is -0.407. The summed E-state index contributed by atoms with van der Waals surface area (Å²) in [4.78, 5) is 10.3. The first-order chi connectivity index (χ1) is 9.58. The van der Waals surface area contributed by atoms with Crippen LogP contribution in [-0.2, 0) is 6.54 Å². The van der Waals surface area contributed by atoms with E-state index in [1.54, 1.807) is 24.3 Å². The molecule has 0 radical (unpaired) electrons. The summed E-state index contributed by atoms with van der Waals surface area (Å²) in [6.45, 7) is 2.43. The Hall–Kier alpha value is -2.40. The average Bonchev–Trinajstić information content (AvgIpc) is 2.45. The third-order valence-electron chi connectivity index (χ3n) is 3.14. The normalized spacial score (nSPS) is 12.1. The van der Waals surface area contributed by atoms with Crippen LogP contribution in [0.1, 0.15) is 24.1 Å². The molecule has 0 aliphatic heterocycles. The number of nitrogens with one attached hydrogen (secondary N) is 1. The van der Waals surface area contributed by atoms with E-state index in [9.17, 15) is 15.2 Å². The van der Waals surface area contributed by atoms with Gasteiger partial charge in [0, 0.05) is 30.3 Å². The van der Waals surface area contributed by atoms with Crippen LogP contribution in [0.5, 0.6) is 5.75 Å². The zero-order chi connectivity index (χ0) is 14.5. The highest BCUT2D eigenvalue weighted by Gasteiger charge is 2.10. The van der Waals surface area contributed by atoms with Crippen LogP contribution in [0.3, 0.4) is 0 Å². The Labute approximate surface area is 117 Å². The smallest absolute Gasteiger partial charge is 0.269 e. The Morgan fingerprint density at radius 1 is 1.25 bits per heavy atom. The molecule has 5 heteroatoms. The molecule has 1 unspecified atom stereocenters. The first kappa shape index (κ1) is 14.0. The van der Waals surface area contributed by atoms with E-state index in [0.29, 0.717) is 6.54 Å². The van der Waals surface area contributed by atoms with Crippen LogP contribution in [-0.4, -0.2) is 10.0 Å². The molecule has 2 rings (SSSR count). The highest BCUT2D eigenvalue weighted by atomic mass is 16.6. The Morgan fingerprint density at radius 3 is 2.70 bits per heavy atom. The van der Waals surface area contributed by atoms with Gasteiger partial charge in [-0.15, -0.1) is 0 Å². The SMILES string of the molecule is CC(NCc1cccc([N+](=O)[O-])c1)c1ccccc1O. The fourth-order valence-electron chi connectivity index (χ4n) is 2.01.